The van der Waals surface area contributed by atoms with Crippen molar-refractivity contribution in [1.29, 1.82) is 0 Å². The number of hydrogen-bond acceptors (Lipinski definition) is 3. The fraction of sp³-hybridized carbons (Fsp3) is 0.647. The number of nitrogens with zero attached hydrogens (tertiary/aromatic N) is 1. The molecule has 2 aliphatic rings. The first-order chi connectivity index (χ1) is 9.86. The molecule has 3 rings (SSSR count). The highest BCUT2D eigenvalue weighted by molar-refractivity contribution is 5.56. The average molecular weight is 274 g/mol. The second-order valence-electron chi connectivity index (χ2n) is 5.93. The minimum Gasteiger partial charge on any atom is -0.385 e. The number of likely N-dealkylation sites (tertiary alicyclic amines) is 1. The Morgan fingerprint density at radius 3 is 3.20 bits per heavy atom. The van der Waals surface area contributed by atoms with Crippen LogP contribution in [0.3, 0.4) is 0 Å². The van der Waals surface area contributed by atoms with Gasteiger partial charge in [-0.05, 0) is 56.3 Å². The normalized spacial score (nSPS) is 23.1. The lowest BCUT2D eigenvalue weighted by Crippen LogP contribution is -2.39. The lowest BCUT2D eigenvalue weighted by Gasteiger charge is -2.33. The lowest BCUT2D eigenvalue weighted by molar-refractivity contribution is 0.00357. The lowest BCUT2D eigenvalue weighted by atomic mass is 9.96. The third kappa shape index (κ3) is 3.15. The third-order valence-corrected chi connectivity index (χ3v) is 4.45. The molecule has 1 aromatic carbocycles. The van der Waals surface area contributed by atoms with E-state index in [0.717, 1.165) is 26.2 Å². The van der Waals surface area contributed by atoms with E-state index in [0.29, 0.717) is 6.10 Å². The SMILES string of the molecule is CCOC1CCCN(Cc2cccc3c2CCCN3)C1. The van der Waals surface area contributed by atoms with Crippen LogP contribution in [0.25, 0.3) is 0 Å². The largest absolute Gasteiger partial charge is 0.385 e. The van der Waals surface area contributed by atoms with E-state index in [4.69, 9.17) is 4.74 Å². The van der Waals surface area contributed by atoms with Crippen molar-refractivity contribution in [3.05, 3.63) is 29.3 Å². The van der Waals surface area contributed by atoms with E-state index in [1.807, 2.05) is 0 Å². The third-order valence-electron chi connectivity index (χ3n) is 4.45. The minimum absolute atomic E-state index is 0.436. The summed E-state index contributed by atoms with van der Waals surface area (Å²) in [5, 5.41) is 3.53. The molecule has 1 fully saturated rings. The molecule has 0 bridgehead atoms. The molecule has 2 heterocycles. The van der Waals surface area contributed by atoms with Crippen molar-refractivity contribution in [2.75, 3.05) is 31.6 Å². The average Bonchev–Trinajstić information content (AvgIpc) is 2.48. The van der Waals surface area contributed by atoms with Crippen molar-refractivity contribution in [3.8, 4) is 0 Å². The highest BCUT2D eigenvalue weighted by Gasteiger charge is 2.21. The van der Waals surface area contributed by atoms with Crippen LogP contribution in [0.1, 0.15) is 37.3 Å². The molecule has 0 aliphatic carbocycles. The van der Waals surface area contributed by atoms with Crippen LogP contribution in [0, 0.1) is 0 Å². The topological polar surface area (TPSA) is 24.5 Å². The van der Waals surface area contributed by atoms with E-state index in [9.17, 15) is 0 Å². The van der Waals surface area contributed by atoms with Crippen molar-refractivity contribution >= 4 is 5.69 Å². The van der Waals surface area contributed by atoms with Crippen LogP contribution in [0.15, 0.2) is 18.2 Å². The van der Waals surface area contributed by atoms with Gasteiger partial charge in [-0.15, -0.1) is 0 Å². The van der Waals surface area contributed by atoms with Crippen molar-refractivity contribution in [2.45, 2.75) is 45.3 Å². The molecule has 2 aliphatic heterocycles. The number of fused-ring (bicyclic) bond motifs is 1. The zero-order valence-corrected chi connectivity index (χ0v) is 12.5. The Bertz CT molecular complexity index is 445. The first-order valence-electron chi connectivity index (χ1n) is 8.05. The van der Waals surface area contributed by atoms with Gasteiger partial charge in [-0.25, -0.2) is 0 Å². The Hall–Kier alpha value is -1.06. The van der Waals surface area contributed by atoms with E-state index in [1.165, 1.54) is 49.0 Å². The molecule has 0 aromatic heterocycles. The van der Waals surface area contributed by atoms with Crippen LogP contribution in [0.2, 0.25) is 0 Å². The van der Waals surface area contributed by atoms with Gasteiger partial charge < -0.3 is 10.1 Å². The van der Waals surface area contributed by atoms with Gasteiger partial charge in [0.2, 0.25) is 0 Å². The molecule has 3 heteroatoms. The summed E-state index contributed by atoms with van der Waals surface area (Å²) in [7, 11) is 0. The Morgan fingerprint density at radius 1 is 1.35 bits per heavy atom. The van der Waals surface area contributed by atoms with Crippen LogP contribution in [0.4, 0.5) is 5.69 Å². The van der Waals surface area contributed by atoms with Gasteiger partial charge in [-0.3, -0.25) is 4.90 Å². The van der Waals surface area contributed by atoms with Gasteiger partial charge >= 0.3 is 0 Å². The second kappa shape index (κ2) is 6.59. The molecule has 110 valence electrons. The van der Waals surface area contributed by atoms with E-state index < -0.39 is 0 Å². The highest BCUT2D eigenvalue weighted by Crippen LogP contribution is 2.27. The van der Waals surface area contributed by atoms with Gasteiger partial charge in [0.25, 0.3) is 0 Å². The molecule has 1 atom stereocenters. The van der Waals surface area contributed by atoms with Crippen molar-refractivity contribution in [3.63, 3.8) is 0 Å². The number of hydrogen-bond donors (Lipinski definition) is 1. The maximum absolute atomic E-state index is 5.81. The van der Waals surface area contributed by atoms with Gasteiger partial charge in [0.05, 0.1) is 6.10 Å². The number of nitrogens with one attached hydrogen (secondary N) is 1. The van der Waals surface area contributed by atoms with Crippen LogP contribution in [0.5, 0.6) is 0 Å². The number of ether oxygens (including phenoxy) is 1. The molecule has 1 aromatic rings. The highest BCUT2D eigenvalue weighted by atomic mass is 16.5. The van der Waals surface area contributed by atoms with Gasteiger partial charge in [0.15, 0.2) is 0 Å². The molecule has 0 amide bonds. The first-order valence-corrected chi connectivity index (χ1v) is 8.05. The van der Waals surface area contributed by atoms with Crippen LogP contribution < -0.4 is 5.32 Å². The Labute approximate surface area is 122 Å². The van der Waals surface area contributed by atoms with Crippen LogP contribution in [-0.4, -0.2) is 37.2 Å². The molecular weight excluding hydrogens is 248 g/mol. The Morgan fingerprint density at radius 2 is 2.30 bits per heavy atom. The van der Waals surface area contributed by atoms with Gasteiger partial charge in [-0.2, -0.15) is 0 Å². The summed E-state index contributed by atoms with van der Waals surface area (Å²) in [5.74, 6) is 0. The number of benzene rings is 1. The molecule has 0 spiro atoms. The fourth-order valence-electron chi connectivity index (χ4n) is 3.50. The van der Waals surface area contributed by atoms with E-state index in [1.54, 1.807) is 0 Å². The summed E-state index contributed by atoms with van der Waals surface area (Å²) in [6.07, 6.45) is 5.40. The summed E-state index contributed by atoms with van der Waals surface area (Å²) < 4.78 is 5.81. The number of piperidine rings is 1. The smallest absolute Gasteiger partial charge is 0.0702 e. The predicted molar refractivity (Wildman–Crippen MR) is 83.2 cm³/mol. The summed E-state index contributed by atoms with van der Waals surface area (Å²) in [5.41, 5.74) is 4.40. The molecule has 1 saturated heterocycles. The molecule has 0 saturated carbocycles. The quantitative estimate of drug-likeness (QED) is 0.913. The van der Waals surface area contributed by atoms with Crippen LogP contribution in [-0.2, 0) is 17.7 Å². The van der Waals surface area contributed by atoms with Crippen molar-refractivity contribution in [2.24, 2.45) is 0 Å². The Kier molecular flexibility index (Phi) is 4.58. The summed E-state index contributed by atoms with van der Waals surface area (Å²) in [4.78, 5) is 2.56. The predicted octanol–water partition coefficient (Wildman–Crippen LogP) is 3.05. The second-order valence-corrected chi connectivity index (χ2v) is 5.93. The van der Waals surface area contributed by atoms with Crippen LogP contribution >= 0.6 is 0 Å². The molecule has 0 radical (unpaired) electrons. The first kappa shape index (κ1) is 13.9. The van der Waals surface area contributed by atoms with Crippen molar-refractivity contribution < 1.29 is 4.74 Å². The molecule has 3 nitrogen and oxygen atoms in total. The molecule has 1 unspecified atom stereocenters. The van der Waals surface area contributed by atoms with E-state index in [-0.39, 0.29) is 0 Å². The van der Waals surface area contributed by atoms with Gasteiger partial charge in [0.1, 0.15) is 0 Å². The molecule has 1 N–H and O–H groups in total. The monoisotopic (exact) mass is 274 g/mol. The van der Waals surface area contributed by atoms with E-state index in [2.05, 4.69) is 35.3 Å². The number of rotatable bonds is 4. The number of anilines is 1. The minimum atomic E-state index is 0.436. The van der Waals surface area contributed by atoms with E-state index >= 15 is 0 Å². The maximum Gasteiger partial charge on any atom is 0.0702 e. The Balaban J connectivity index is 1.68. The standard InChI is InChI=1S/C17H26N2O/c1-2-20-15-7-5-11-19(13-15)12-14-6-3-9-17-16(14)8-4-10-18-17/h3,6,9,15,18H,2,4-5,7-8,10-13H2,1H3. The van der Waals surface area contributed by atoms with Gasteiger partial charge in [-0.1, -0.05) is 12.1 Å². The maximum atomic E-state index is 5.81. The zero-order chi connectivity index (χ0) is 13.8. The molecule has 20 heavy (non-hydrogen) atoms. The summed E-state index contributed by atoms with van der Waals surface area (Å²) >= 11 is 0. The van der Waals surface area contributed by atoms with Gasteiger partial charge in [0, 0.05) is 31.9 Å². The molecular formula is C17H26N2O. The fourth-order valence-corrected chi connectivity index (χ4v) is 3.50. The summed E-state index contributed by atoms with van der Waals surface area (Å²) in [6, 6.07) is 6.71. The zero-order valence-electron chi connectivity index (χ0n) is 12.5. The van der Waals surface area contributed by atoms with Crippen molar-refractivity contribution in [1.82, 2.24) is 4.90 Å². The summed E-state index contributed by atoms with van der Waals surface area (Å²) in [6.45, 7) is 7.42.